The van der Waals surface area contributed by atoms with Crippen LogP contribution in [0.5, 0.6) is 0 Å². The molecule has 1 aromatic carbocycles. The molecule has 0 atom stereocenters. The topological polar surface area (TPSA) is 41.6 Å². The van der Waals surface area contributed by atoms with Gasteiger partial charge in [0, 0.05) is 18.8 Å². The third kappa shape index (κ3) is 1.96. The van der Waals surface area contributed by atoms with Gasteiger partial charge in [-0.05, 0) is 31.4 Å². The van der Waals surface area contributed by atoms with Crippen LogP contribution in [0.1, 0.15) is 18.9 Å². The Balaban J connectivity index is 2.33. The van der Waals surface area contributed by atoms with E-state index in [0.29, 0.717) is 5.96 Å². The predicted molar refractivity (Wildman–Crippen MR) is 64.3 cm³/mol. The second-order valence-electron chi connectivity index (χ2n) is 3.72. The average Bonchev–Trinajstić information content (AvgIpc) is 2.28. The van der Waals surface area contributed by atoms with Crippen molar-refractivity contribution >= 4 is 11.6 Å². The lowest BCUT2D eigenvalue weighted by atomic mass is 10.0. The summed E-state index contributed by atoms with van der Waals surface area (Å²) in [6.07, 6.45) is 2.29. The summed E-state index contributed by atoms with van der Waals surface area (Å²) >= 11 is 0. The van der Waals surface area contributed by atoms with Gasteiger partial charge in [0.2, 0.25) is 0 Å². The smallest absolute Gasteiger partial charge is 0.195 e. The number of aliphatic imine (C=N–C) groups is 1. The largest absolute Gasteiger partial charge is 0.370 e. The zero-order valence-corrected chi connectivity index (χ0v) is 9.11. The fourth-order valence-electron chi connectivity index (χ4n) is 2.02. The molecule has 0 saturated heterocycles. The Bertz CT molecular complexity index is 371. The number of hydrogen-bond donors (Lipinski definition) is 1. The van der Waals surface area contributed by atoms with Crippen molar-refractivity contribution in [3.05, 3.63) is 29.8 Å². The number of benzene rings is 1. The van der Waals surface area contributed by atoms with Gasteiger partial charge in [-0.15, -0.1) is 0 Å². The molecule has 0 bridgehead atoms. The van der Waals surface area contributed by atoms with E-state index in [9.17, 15) is 0 Å². The molecule has 0 fully saturated rings. The number of rotatable bonds is 1. The number of para-hydroxylation sites is 1. The summed E-state index contributed by atoms with van der Waals surface area (Å²) < 4.78 is 0. The third-order valence-electron chi connectivity index (χ3n) is 2.71. The van der Waals surface area contributed by atoms with Crippen molar-refractivity contribution in [2.75, 3.05) is 18.0 Å². The van der Waals surface area contributed by atoms with E-state index in [-0.39, 0.29) is 0 Å². The van der Waals surface area contributed by atoms with E-state index in [0.717, 1.165) is 25.9 Å². The Morgan fingerprint density at radius 2 is 2.27 bits per heavy atom. The fourth-order valence-corrected chi connectivity index (χ4v) is 2.02. The van der Waals surface area contributed by atoms with E-state index < -0.39 is 0 Å². The van der Waals surface area contributed by atoms with Crippen molar-refractivity contribution in [3.8, 4) is 0 Å². The first kappa shape index (κ1) is 10.0. The van der Waals surface area contributed by atoms with Gasteiger partial charge in [-0.1, -0.05) is 18.2 Å². The standard InChI is InChI=1S/C12H17N3/c1-2-14-12(13)15-9-5-7-10-6-3-4-8-11(10)15/h3-4,6,8H,2,5,7,9H2,1H3,(H2,13,14). The molecule has 0 unspecified atom stereocenters. The first-order valence-electron chi connectivity index (χ1n) is 5.48. The van der Waals surface area contributed by atoms with Crippen molar-refractivity contribution in [3.63, 3.8) is 0 Å². The lowest BCUT2D eigenvalue weighted by Gasteiger charge is -2.30. The van der Waals surface area contributed by atoms with Gasteiger partial charge in [-0.2, -0.15) is 0 Å². The van der Waals surface area contributed by atoms with Gasteiger partial charge >= 0.3 is 0 Å². The van der Waals surface area contributed by atoms with Gasteiger partial charge in [0.05, 0.1) is 0 Å². The highest BCUT2D eigenvalue weighted by Gasteiger charge is 2.18. The van der Waals surface area contributed by atoms with Gasteiger partial charge in [0.1, 0.15) is 0 Å². The van der Waals surface area contributed by atoms with Gasteiger partial charge < -0.3 is 10.6 Å². The van der Waals surface area contributed by atoms with Crippen LogP contribution in [0.25, 0.3) is 0 Å². The van der Waals surface area contributed by atoms with Crippen LogP contribution in [0, 0.1) is 0 Å². The molecule has 1 heterocycles. The molecule has 3 nitrogen and oxygen atoms in total. The molecule has 1 aromatic rings. The van der Waals surface area contributed by atoms with Crippen LogP contribution in [0.3, 0.4) is 0 Å². The molecule has 0 spiro atoms. The summed E-state index contributed by atoms with van der Waals surface area (Å²) in [6, 6.07) is 8.42. The molecule has 2 rings (SSSR count). The molecule has 1 aliphatic rings. The molecule has 0 aromatic heterocycles. The summed E-state index contributed by atoms with van der Waals surface area (Å²) in [7, 11) is 0. The zero-order chi connectivity index (χ0) is 10.7. The summed E-state index contributed by atoms with van der Waals surface area (Å²) in [5.41, 5.74) is 8.54. The second-order valence-corrected chi connectivity index (χ2v) is 3.72. The molecular formula is C12H17N3. The minimum atomic E-state index is 0.643. The van der Waals surface area contributed by atoms with Crippen LogP contribution in [-0.2, 0) is 6.42 Å². The summed E-state index contributed by atoms with van der Waals surface area (Å²) in [5, 5.41) is 0. The molecule has 0 radical (unpaired) electrons. The van der Waals surface area contributed by atoms with Gasteiger partial charge in [0.25, 0.3) is 0 Å². The minimum Gasteiger partial charge on any atom is -0.370 e. The second kappa shape index (κ2) is 4.34. The molecule has 2 N–H and O–H groups in total. The van der Waals surface area contributed by atoms with Gasteiger partial charge in [0.15, 0.2) is 5.96 Å². The van der Waals surface area contributed by atoms with Crippen LogP contribution >= 0.6 is 0 Å². The monoisotopic (exact) mass is 203 g/mol. The van der Waals surface area contributed by atoms with Crippen molar-refractivity contribution in [1.82, 2.24) is 0 Å². The molecule has 80 valence electrons. The average molecular weight is 203 g/mol. The molecule has 0 amide bonds. The van der Waals surface area contributed by atoms with Gasteiger partial charge in [-0.3, -0.25) is 4.99 Å². The maximum atomic E-state index is 5.95. The predicted octanol–water partition coefficient (Wildman–Crippen LogP) is 1.77. The highest BCUT2D eigenvalue weighted by Crippen LogP contribution is 2.26. The molecule has 0 aliphatic carbocycles. The van der Waals surface area contributed by atoms with E-state index in [1.165, 1.54) is 11.3 Å². The Kier molecular flexibility index (Phi) is 2.90. The number of nitrogens with zero attached hydrogens (tertiary/aromatic N) is 2. The summed E-state index contributed by atoms with van der Waals surface area (Å²) in [6.45, 7) is 3.72. The van der Waals surface area contributed by atoms with Crippen LogP contribution in [0.2, 0.25) is 0 Å². The van der Waals surface area contributed by atoms with E-state index in [2.05, 4.69) is 34.2 Å². The van der Waals surface area contributed by atoms with E-state index >= 15 is 0 Å². The number of nitrogens with two attached hydrogens (primary N) is 1. The maximum Gasteiger partial charge on any atom is 0.195 e. The highest BCUT2D eigenvalue weighted by atomic mass is 15.3. The van der Waals surface area contributed by atoms with Crippen LogP contribution in [-0.4, -0.2) is 19.0 Å². The van der Waals surface area contributed by atoms with Crippen LogP contribution in [0.15, 0.2) is 29.3 Å². The number of guanidine groups is 1. The van der Waals surface area contributed by atoms with E-state index in [1.54, 1.807) is 0 Å². The van der Waals surface area contributed by atoms with Crippen molar-refractivity contribution in [1.29, 1.82) is 0 Å². The number of aryl methyl sites for hydroxylation is 1. The van der Waals surface area contributed by atoms with Crippen LogP contribution in [0.4, 0.5) is 5.69 Å². The Morgan fingerprint density at radius 1 is 1.47 bits per heavy atom. The quantitative estimate of drug-likeness (QED) is 0.558. The lowest BCUT2D eigenvalue weighted by molar-refractivity contribution is 0.773. The molecule has 3 heteroatoms. The Hall–Kier alpha value is -1.51. The Labute approximate surface area is 90.6 Å². The van der Waals surface area contributed by atoms with Crippen LogP contribution < -0.4 is 10.6 Å². The number of fused-ring (bicyclic) bond motifs is 1. The molecular weight excluding hydrogens is 186 g/mol. The van der Waals surface area contributed by atoms with E-state index in [1.807, 2.05) is 6.92 Å². The lowest BCUT2D eigenvalue weighted by Crippen LogP contribution is -2.40. The zero-order valence-electron chi connectivity index (χ0n) is 9.11. The SMILES string of the molecule is CCN=C(N)N1CCCc2ccccc21. The summed E-state index contributed by atoms with van der Waals surface area (Å²) in [5.74, 6) is 0.643. The summed E-state index contributed by atoms with van der Waals surface area (Å²) in [4.78, 5) is 6.38. The normalized spacial score (nSPS) is 16.3. The number of anilines is 1. The first-order chi connectivity index (χ1) is 7.33. The van der Waals surface area contributed by atoms with E-state index in [4.69, 9.17) is 5.73 Å². The van der Waals surface area contributed by atoms with Gasteiger partial charge in [-0.25, -0.2) is 0 Å². The molecule has 0 saturated carbocycles. The van der Waals surface area contributed by atoms with Crippen molar-refractivity contribution in [2.24, 2.45) is 10.7 Å². The molecule has 15 heavy (non-hydrogen) atoms. The fraction of sp³-hybridized carbons (Fsp3) is 0.417. The van der Waals surface area contributed by atoms with Crippen molar-refractivity contribution in [2.45, 2.75) is 19.8 Å². The first-order valence-corrected chi connectivity index (χ1v) is 5.48. The van der Waals surface area contributed by atoms with Crippen molar-refractivity contribution < 1.29 is 0 Å². The minimum absolute atomic E-state index is 0.643. The third-order valence-corrected chi connectivity index (χ3v) is 2.71. The highest BCUT2D eigenvalue weighted by molar-refractivity contribution is 5.95. The number of hydrogen-bond acceptors (Lipinski definition) is 1. The molecule has 1 aliphatic heterocycles. The maximum absolute atomic E-state index is 5.95. The Morgan fingerprint density at radius 3 is 3.07 bits per heavy atom.